The summed E-state index contributed by atoms with van der Waals surface area (Å²) in [5.41, 5.74) is 2.06. The Kier molecular flexibility index (Phi) is 5.21. The van der Waals surface area contributed by atoms with Gasteiger partial charge >= 0.3 is 0 Å². The third-order valence-electron chi connectivity index (χ3n) is 5.12. The number of hydrogen-bond acceptors (Lipinski definition) is 4. The van der Waals surface area contributed by atoms with E-state index in [1.165, 1.54) is 12.1 Å². The summed E-state index contributed by atoms with van der Waals surface area (Å²) in [7, 11) is 1.68. The number of fused-ring (bicyclic) bond motifs is 1. The van der Waals surface area contributed by atoms with E-state index in [-0.39, 0.29) is 5.82 Å². The zero-order chi connectivity index (χ0) is 18.6. The highest BCUT2D eigenvalue weighted by Crippen LogP contribution is 2.26. The predicted octanol–water partition coefficient (Wildman–Crippen LogP) is 4.09. The summed E-state index contributed by atoms with van der Waals surface area (Å²) in [5, 5.41) is 1.09. The molecule has 1 fully saturated rings. The first-order chi connectivity index (χ1) is 13.2. The summed E-state index contributed by atoms with van der Waals surface area (Å²) in [6.45, 7) is 4.75. The molecular formula is C22H24FN3O. The number of hydrogen-bond donors (Lipinski definition) is 0. The Labute approximate surface area is 159 Å². The van der Waals surface area contributed by atoms with Gasteiger partial charge in [0.1, 0.15) is 22.9 Å². The van der Waals surface area contributed by atoms with Crippen LogP contribution in [-0.2, 0) is 6.54 Å². The van der Waals surface area contributed by atoms with E-state index >= 15 is 0 Å². The summed E-state index contributed by atoms with van der Waals surface area (Å²) in [6, 6.07) is 17.0. The van der Waals surface area contributed by atoms with Gasteiger partial charge in [-0.2, -0.15) is 0 Å². The summed E-state index contributed by atoms with van der Waals surface area (Å²) >= 11 is 0. The molecule has 5 heteroatoms. The van der Waals surface area contributed by atoms with Crippen molar-refractivity contribution in [2.24, 2.45) is 0 Å². The number of methoxy groups -OCH3 is 1. The van der Waals surface area contributed by atoms with Crippen molar-refractivity contribution in [2.75, 3.05) is 38.2 Å². The second kappa shape index (κ2) is 7.92. The fourth-order valence-corrected chi connectivity index (χ4v) is 3.66. The molecule has 0 saturated carbocycles. The number of halogens is 1. The van der Waals surface area contributed by atoms with Crippen molar-refractivity contribution in [1.82, 2.24) is 9.88 Å². The van der Waals surface area contributed by atoms with Crippen molar-refractivity contribution in [3.05, 3.63) is 66.0 Å². The van der Waals surface area contributed by atoms with Crippen molar-refractivity contribution in [2.45, 2.75) is 13.0 Å². The van der Waals surface area contributed by atoms with Crippen LogP contribution in [0.1, 0.15) is 12.0 Å². The zero-order valence-electron chi connectivity index (χ0n) is 15.6. The second-order valence-electron chi connectivity index (χ2n) is 6.94. The van der Waals surface area contributed by atoms with Gasteiger partial charge in [-0.25, -0.2) is 9.37 Å². The lowest BCUT2D eigenvalue weighted by molar-refractivity contribution is 0.285. The molecule has 0 radical (unpaired) electrons. The molecule has 4 rings (SSSR count). The molecule has 0 N–H and O–H groups in total. The Hall–Kier alpha value is -2.66. The standard InChI is InChI=1S/C22H24FN3O/c1-27-20-5-2-4-18-8-11-21(24-22(18)20)26-13-3-12-25(14-15-26)16-17-6-9-19(23)10-7-17/h2,4-11H,3,12-16H2,1H3. The molecule has 1 aromatic heterocycles. The van der Waals surface area contributed by atoms with E-state index < -0.39 is 0 Å². The van der Waals surface area contributed by atoms with Gasteiger partial charge < -0.3 is 9.64 Å². The first-order valence-corrected chi connectivity index (χ1v) is 9.38. The third kappa shape index (κ3) is 4.03. The van der Waals surface area contributed by atoms with E-state index in [9.17, 15) is 4.39 Å². The lowest BCUT2D eigenvalue weighted by Gasteiger charge is -2.23. The van der Waals surface area contributed by atoms with Crippen molar-refractivity contribution in [1.29, 1.82) is 0 Å². The molecule has 2 aromatic carbocycles. The Balaban J connectivity index is 1.47. The fourth-order valence-electron chi connectivity index (χ4n) is 3.66. The number of ether oxygens (including phenoxy) is 1. The van der Waals surface area contributed by atoms with Gasteiger partial charge in [0.05, 0.1) is 7.11 Å². The maximum absolute atomic E-state index is 13.1. The number of anilines is 1. The summed E-state index contributed by atoms with van der Waals surface area (Å²) in [6.07, 6.45) is 1.08. The van der Waals surface area contributed by atoms with Crippen LogP contribution in [0.5, 0.6) is 5.75 Å². The van der Waals surface area contributed by atoms with Crippen molar-refractivity contribution in [3.8, 4) is 5.75 Å². The average Bonchev–Trinajstić information content (AvgIpc) is 2.94. The van der Waals surface area contributed by atoms with Gasteiger partial charge in [0.2, 0.25) is 0 Å². The number of nitrogens with zero attached hydrogens (tertiary/aromatic N) is 3. The Bertz CT molecular complexity index is 913. The third-order valence-corrected chi connectivity index (χ3v) is 5.12. The van der Waals surface area contributed by atoms with Crippen LogP contribution in [0.25, 0.3) is 10.9 Å². The Morgan fingerprint density at radius 3 is 2.63 bits per heavy atom. The molecule has 27 heavy (non-hydrogen) atoms. The number of pyridine rings is 1. The quantitative estimate of drug-likeness (QED) is 0.696. The molecule has 0 spiro atoms. The highest BCUT2D eigenvalue weighted by Gasteiger charge is 2.17. The summed E-state index contributed by atoms with van der Waals surface area (Å²) < 4.78 is 18.6. The van der Waals surface area contributed by atoms with Gasteiger partial charge in [-0.05, 0) is 42.3 Å². The zero-order valence-corrected chi connectivity index (χ0v) is 15.6. The first-order valence-electron chi connectivity index (χ1n) is 9.38. The maximum atomic E-state index is 13.1. The molecular weight excluding hydrogens is 341 g/mol. The number of rotatable bonds is 4. The lowest BCUT2D eigenvalue weighted by atomic mass is 10.2. The average molecular weight is 365 g/mol. The summed E-state index contributed by atoms with van der Waals surface area (Å²) in [4.78, 5) is 9.64. The van der Waals surface area contributed by atoms with E-state index in [1.807, 2.05) is 24.3 Å². The van der Waals surface area contributed by atoms with E-state index in [2.05, 4.69) is 28.0 Å². The molecule has 1 aliphatic heterocycles. The highest BCUT2D eigenvalue weighted by molar-refractivity contribution is 5.85. The van der Waals surface area contributed by atoms with E-state index in [4.69, 9.17) is 9.72 Å². The molecule has 2 heterocycles. The highest BCUT2D eigenvalue weighted by atomic mass is 19.1. The normalized spacial score (nSPS) is 15.7. The minimum absolute atomic E-state index is 0.182. The number of para-hydroxylation sites is 1. The van der Waals surface area contributed by atoms with Crippen LogP contribution in [0, 0.1) is 5.82 Å². The molecule has 0 aliphatic carbocycles. The minimum atomic E-state index is -0.182. The van der Waals surface area contributed by atoms with Crippen LogP contribution in [0.2, 0.25) is 0 Å². The molecule has 1 saturated heterocycles. The van der Waals surface area contributed by atoms with Crippen LogP contribution in [0.4, 0.5) is 10.2 Å². The number of benzene rings is 2. The van der Waals surface area contributed by atoms with Crippen LogP contribution in [0.15, 0.2) is 54.6 Å². The fraction of sp³-hybridized carbons (Fsp3) is 0.318. The Morgan fingerprint density at radius 2 is 1.81 bits per heavy atom. The van der Waals surface area contributed by atoms with Gasteiger partial charge in [-0.1, -0.05) is 24.3 Å². The largest absolute Gasteiger partial charge is 0.494 e. The predicted molar refractivity (Wildman–Crippen MR) is 107 cm³/mol. The van der Waals surface area contributed by atoms with Crippen LogP contribution in [-0.4, -0.2) is 43.2 Å². The lowest BCUT2D eigenvalue weighted by Crippen LogP contribution is -2.30. The van der Waals surface area contributed by atoms with Gasteiger partial charge in [-0.3, -0.25) is 4.90 Å². The maximum Gasteiger partial charge on any atom is 0.145 e. The van der Waals surface area contributed by atoms with E-state index in [0.717, 1.165) is 67.2 Å². The van der Waals surface area contributed by atoms with Crippen molar-refractivity contribution >= 4 is 16.7 Å². The molecule has 4 nitrogen and oxygen atoms in total. The molecule has 0 bridgehead atoms. The minimum Gasteiger partial charge on any atom is -0.494 e. The molecule has 140 valence electrons. The van der Waals surface area contributed by atoms with Crippen molar-refractivity contribution < 1.29 is 9.13 Å². The monoisotopic (exact) mass is 365 g/mol. The van der Waals surface area contributed by atoms with E-state index in [0.29, 0.717) is 0 Å². The SMILES string of the molecule is COc1cccc2ccc(N3CCCN(Cc4ccc(F)cc4)CC3)nc12. The second-order valence-corrected chi connectivity index (χ2v) is 6.94. The van der Waals surface area contributed by atoms with Gasteiger partial charge in [0, 0.05) is 38.1 Å². The van der Waals surface area contributed by atoms with E-state index in [1.54, 1.807) is 7.11 Å². The van der Waals surface area contributed by atoms with Gasteiger partial charge in [0.15, 0.2) is 0 Å². The van der Waals surface area contributed by atoms with Crippen LogP contribution >= 0.6 is 0 Å². The topological polar surface area (TPSA) is 28.6 Å². The number of aromatic nitrogens is 1. The molecule has 3 aromatic rings. The Morgan fingerprint density at radius 1 is 0.963 bits per heavy atom. The van der Waals surface area contributed by atoms with Crippen LogP contribution < -0.4 is 9.64 Å². The smallest absolute Gasteiger partial charge is 0.145 e. The van der Waals surface area contributed by atoms with Gasteiger partial charge in [-0.15, -0.1) is 0 Å². The molecule has 0 unspecified atom stereocenters. The molecule has 0 atom stereocenters. The first kappa shape index (κ1) is 17.7. The molecule has 0 amide bonds. The van der Waals surface area contributed by atoms with Gasteiger partial charge in [0.25, 0.3) is 0 Å². The van der Waals surface area contributed by atoms with Crippen molar-refractivity contribution in [3.63, 3.8) is 0 Å². The molecule has 1 aliphatic rings. The van der Waals surface area contributed by atoms with Crippen LogP contribution in [0.3, 0.4) is 0 Å². The summed E-state index contributed by atoms with van der Waals surface area (Å²) in [5.74, 6) is 1.62.